The average Bonchev–Trinajstić information content (AvgIpc) is 3.00. The first kappa shape index (κ1) is 27.9. The number of aromatic nitrogens is 2. The van der Waals surface area contributed by atoms with E-state index in [9.17, 15) is 29.1 Å². The van der Waals surface area contributed by atoms with Gasteiger partial charge in [0.1, 0.15) is 11.1 Å². The summed E-state index contributed by atoms with van der Waals surface area (Å²) >= 11 is 0. The number of amides is 4. The van der Waals surface area contributed by atoms with Gasteiger partial charge < -0.3 is 5.11 Å². The van der Waals surface area contributed by atoms with Crippen LogP contribution >= 0.6 is 0 Å². The zero-order chi connectivity index (χ0) is 31.0. The summed E-state index contributed by atoms with van der Waals surface area (Å²) in [6, 6.07) is 24.1. The van der Waals surface area contributed by atoms with Crippen molar-refractivity contribution in [1.29, 1.82) is 0 Å². The molecule has 6 rings (SSSR count). The minimum absolute atomic E-state index is 0.169. The lowest BCUT2D eigenvalue weighted by Crippen LogP contribution is -2.54. The van der Waals surface area contributed by atoms with Crippen LogP contribution in [0.1, 0.15) is 12.5 Å². The molecule has 4 amide bonds. The lowest BCUT2D eigenvalue weighted by molar-refractivity contribution is -0.122. The van der Waals surface area contributed by atoms with Gasteiger partial charge in [-0.25, -0.2) is 19.1 Å². The maximum atomic E-state index is 13.4. The summed E-state index contributed by atoms with van der Waals surface area (Å²) in [5, 5.41) is 15.6. The van der Waals surface area contributed by atoms with Crippen LogP contribution in [0.15, 0.2) is 124 Å². The molecule has 2 heterocycles. The molecule has 4 aromatic carbocycles. The molecule has 44 heavy (non-hydrogen) atoms. The van der Waals surface area contributed by atoms with Crippen molar-refractivity contribution in [3.63, 3.8) is 0 Å². The van der Waals surface area contributed by atoms with Crippen molar-refractivity contribution in [3.05, 3.63) is 141 Å². The van der Waals surface area contributed by atoms with Crippen LogP contribution in [0, 0.1) is 0 Å². The normalized spacial score (nSPS) is 15.1. The number of urea groups is 1. The van der Waals surface area contributed by atoms with Crippen LogP contribution in [-0.4, -0.2) is 32.5 Å². The Morgan fingerprint density at radius 2 is 1.36 bits per heavy atom. The van der Waals surface area contributed by atoms with Crippen molar-refractivity contribution in [3.8, 4) is 11.6 Å². The number of allylic oxidation sites excluding steroid dienone is 4. The topological polar surface area (TPSA) is 142 Å². The van der Waals surface area contributed by atoms with Gasteiger partial charge in [-0.2, -0.15) is 0 Å². The summed E-state index contributed by atoms with van der Waals surface area (Å²) in [6.45, 7) is 1.65. The fourth-order valence-electron chi connectivity index (χ4n) is 5.10. The molecule has 0 unspecified atom stereocenters. The Balaban J connectivity index is 1.33. The number of H-pyrrole nitrogens is 1. The van der Waals surface area contributed by atoms with Crippen molar-refractivity contribution in [1.82, 2.24) is 14.9 Å². The molecule has 1 fully saturated rings. The molecule has 10 nitrogen and oxygen atoms in total. The minimum Gasteiger partial charge on any atom is -0.494 e. The maximum Gasteiger partial charge on any atom is 0.335 e. The number of carbonyl (C=O) groups is 3. The summed E-state index contributed by atoms with van der Waals surface area (Å²) in [5.41, 5.74) is -0.795. The Morgan fingerprint density at radius 1 is 0.773 bits per heavy atom. The number of imide groups is 2. The molecular formula is C34H24N4O6. The van der Waals surface area contributed by atoms with E-state index in [0.717, 1.165) is 20.2 Å². The number of fused-ring (bicyclic) bond motifs is 2. The van der Waals surface area contributed by atoms with E-state index in [1.807, 2.05) is 36.4 Å². The molecule has 0 spiro atoms. The van der Waals surface area contributed by atoms with Crippen LogP contribution in [0.5, 0.6) is 5.88 Å². The molecule has 1 saturated heterocycles. The van der Waals surface area contributed by atoms with Gasteiger partial charge in [0.25, 0.3) is 17.4 Å². The minimum atomic E-state index is -0.856. The van der Waals surface area contributed by atoms with E-state index in [1.54, 1.807) is 55.5 Å². The molecule has 0 atom stereocenters. The molecule has 1 aliphatic rings. The Bertz CT molecular complexity index is 2230. The first-order valence-electron chi connectivity index (χ1n) is 13.5. The highest BCUT2D eigenvalue weighted by Gasteiger charge is 2.37. The Kier molecular flexibility index (Phi) is 7.08. The Morgan fingerprint density at radius 3 is 2.05 bits per heavy atom. The lowest BCUT2D eigenvalue weighted by atomic mass is 10.1. The number of nitrogens with zero attached hydrogens (tertiary/aromatic N) is 2. The summed E-state index contributed by atoms with van der Waals surface area (Å²) in [5.74, 6) is -2.25. The molecule has 0 radical (unpaired) electrons. The van der Waals surface area contributed by atoms with Crippen LogP contribution < -0.4 is 21.5 Å². The number of benzene rings is 4. The van der Waals surface area contributed by atoms with Crippen LogP contribution in [0.4, 0.5) is 10.5 Å². The third-order valence-electron chi connectivity index (χ3n) is 7.26. The standard InChI is InChI=1S/C34H24N4O6/c1-20(16-18-25-29(39)35-33(43)37(31(25)41)27-14-6-10-21-8-2-4-12-23(21)27)17-19-26-30(40)36-34(44)38(32(26)42)28-15-7-11-22-9-3-5-13-24(22)28/h2-19,39H,1H3,(H,35,43)(H,36,40,44). The van der Waals surface area contributed by atoms with E-state index in [-0.39, 0.29) is 11.1 Å². The van der Waals surface area contributed by atoms with Crippen LogP contribution in [0.3, 0.4) is 0 Å². The number of rotatable bonds is 5. The van der Waals surface area contributed by atoms with Crippen molar-refractivity contribution >= 4 is 51.2 Å². The highest BCUT2D eigenvalue weighted by atomic mass is 16.3. The third-order valence-corrected chi connectivity index (χ3v) is 7.26. The first-order valence-corrected chi connectivity index (χ1v) is 13.5. The molecule has 10 heteroatoms. The smallest absolute Gasteiger partial charge is 0.335 e. The van der Waals surface area contributed by atoms with E-state index in [4.69, 9.17) is 0 Å². The van der Waals surface area contributed by atoms with Gasteiger partial charge in [0, 0.05) is 10.8 Å². The van der Waals surface area contributed by atoms with Gasteiger partial charge in [-0.15, -0.1) is 0 Å². The van der Waals surface area contributed by atoms with Gasteiger partial charge in [-0.1, -0.05) is 90.5 Å². The number of carbonyl (C=O) groups excluding carboxylic acids is 3. The molecule has 1 aromatic heterocycles. The second-order valence-electron chi connectivity index (χ2n) is 10.1. The zero-order valence-corrected chi connectivity index (χ0v) is 23.3. The number of aromatic amines is 1. The average molecular weight is 585 g/mol. The van der Waals surface area contributed by atoms with Gasteiger partial charge in [-0.3, -0.25) is 24.7 Å². The predicted molar refractivity (Wildman–Crippen MR) is 168 cm³/mol. The molecule has 0 aliphatic carbocycles. The number of aromatic hydroxyl groups is 1. The van der Waals surface area contributed by atoms with Gasteiger partial charge in [0.15, 0.2) is 0 Å². The van der Waals surface area contributed by atoms with E-state index in [0.29, 0.717) is 27.7 Å². The summed E-state index contributed by atoms with van der Waals surface area (Å²) in [7, 11) is 0. The highest BCUT2D eigenvalue weighted by molar-refractivity contribution is 6.38. The van der Waals surface area contributed by atoms with E-state index in [2.05, 4.69) is 10.3 Å². The van der Waals surface area contributed by atoms with E-state index < -0.39 is 35.0 Å². The molecule has 1 aliphatic heterocycles. The maximum absolute atomic E-state index is 13.4. The monoisotopic (exact) mass is 584 g/mol. The van der Waals surface area contributed by atoms with Crippen LogP contribution in [0.2, 0.25) is 0 Å². The second-order valence-corrected chi connectivity index (χ2v) is 10.1. The van der Waals surface area contributed by atoms with E-state index in [1.165, 1.54) is 24.3 Å². The quantitative estimate of drug-likeness (QED) is 0.155. The number of barbiturate groups is 1. The van der Waals surface area contributed by atoms with Gasteiger partial charge in [0.05, 0.1) is 11.4 Å². The predicted octanol–water partition coefficient (Wildman–Crippen LogP) is 4.71. The molecule has 0 bridgehead atoms. The third kappa shape index (κ3) is 4.90. The second kappa shape index (κ2) is 11.2. The number of nitrogens with one attached hydrogen (secondary N) is 2. The fraction of sp³-hybridized carbons (Fsp3) is 0.0294. The van der Waals surface area contributed by atoms with Gasteiger partial charge >= 0.3 is 11.7 Å². The van der Waals surface area contributed by atoms with E-state index >= 15 is 0 Å². The van der Waals surface area contributed by atoms with Gasteiger partial charge in [0.2, 0.25) is 5.88 Å². The highest BCUT2D eigenvalue weighted by Crippen LogP contribution is 2.29. The largest absolute Gasteiger partial charge is 0.494 e. The lowest BCUT2D eigenvalue weighted by Gasteiger charge is -2.27. The first-order chi connectivity index (χ1) is 21.2. The summed E-state index contributed by atoms with van der Waals surface area (Å²) < 4.78 is 0.951. The van der Waals surface area contributed by atoms with Crippen molar-refractivity contribution in [2.45, 2.75) is 6.92 Å². The number of hydrogen-bond acceptors (Lipinski definition) is 6. The molecular weight excluding hydrogens is 560 g/mol. The number of hydrogen-bond donors (Lipinski definition) is 3. The Labute approximate surface area is 249 Å². The van der Waals surface area contributed by atoms with Crippen LogP contribution in [0.25, 0.3) is 33.3 Å². The Hall–Kier alpha value is -6.29. The molecule has 3 N–H and O–H groups in total. The molecule has 0 saturated carbocycles. The van der Waals surface area contributed by atoms with Gasteiger partial charge in [-0.05, 0) is 42.0 Å². The molecule has 216 valence electrons. The summed E-state index contributed by atoms with van der Waals surface area (Å²) in [6.07, 6.45) is 5.56. The van der Waals surface area contributed by atoms with Crippen molar-refractivity contribution in [2.24, 2.45) is 0 Å². The van der Waals surface area contributed by atoms with Crippen molar-refractivity contribution < 1.29 is 19.5 Å². The zero-order valence-electron chi connectivity index (χ0n) is 23.3. The summed E-state index contributed by atoms with van der Waals surface area (Å²) in [4.78, 5) is 68.2. The number of anilines is 1. The van der Waals surface area contributed by atoms with Crippen molar-refractivity contribution in [2.75, 3.05) is 4.90 Å². The van der Waals surface area contributed by atoms with Crippen LogP contribution in [-0.2, 0) is 9.59 Å². The fourth-order valence-corrected chi connectivity index (χ4v) is 5.10. The molecule has 5 aromatic rings. The SMILES string of the molecule is CC(C=Cc1c(O)[nH]c(=O)n(-c2cccc3ccccc23)c1=O)=CC=C1C(=O)NC(=O)N(c2cccc3ccccc23)C1=O.